The van der Waals surface area contributed by atoms with Crippen LogP contribution in [-0.4, -0.2) is 21.3 Å². The minimum Gasteiger partial charge on any atom is -0.0622 e. The topological polar surface area (TPSA) is 0 Å². The Morgan fingerprint density at radius 1 is 0.169 bits per heavy atom. The van der Waals surface area contributed by atoms with E-state index in [4.69, 9.17) is 0 Å². The summed E-state index contributed by atoms with van der Waals surface area (Å²) in [5, 5.41) is 10.4. The maximum Gasteiger partial charge on any atom is 0.122 e. The van der Waals surface area contributed by atoms with Gasteiger partial charge in [-0.25, -0.2) is 0 Å². The molecule has 0 N–H and O–H groups in total. The molecule has 0 atom stereocenters. The molecule has 1 aliphatic heterocycles. The average Bonchev–Trinajstić information content (AvgIpc) is 3.73. The zero-order valence-electron chi connectivity index (χ0n) is 47.2. The summed E-state index contributed by atoms with van der Waals surface area (Å²) in [4.78, 5) is 0. The molecule has 1 heterocycles. The molecule has 3 heteroatoms. The third-order valence-electron chi connectivity index (χ3n) is 15.8. The van der Waals surface area contributed by atoms with Gasteiger partial charge in [0.05, 0.1) is 0 Å². The molecule has 1 fully saturated rings. The van der Waals surface area contributed by atoms with E-state index in [1.54, 1.807) is 31.1 Å². The van der Waals surface area contributed by atoms with E-state index >= 15 is 0 Å². The molecule has 0 radical (unpaired) electrons. The van der Waals surface area contributed by atoms with Crippen LogP contribution in [0.2, 0.25) is 0 Å². The van der Waals surface area contributed by atoms with Crippen LogP contribution in [0.15, 0.2) is 133 Å². The highest BCUT2D eigenvalue weighted by atomic mass is 30.2. The quantitative estimate of drug-likeness (QED) is 0.146. The number of rotatable bonds is 6. The molecule has 0 amide bonds. The molecule has 0 spiro atoms. The summed E-state index contributed by atoms with van der Waals surface area (Å²) >= 11 is 0. The fraction of sp³-hybridized carbons (Fsp3) is 0.294. The number of hydrogen-bond acceptors (Lipinski definition) is 0. The van der Waals surface area contributed by atoms with Crippen LogP contribution in [0.4, 0.5) is 0 Å². The largest absolute Gasteiger partial charge is 0.122 e. The molecule has 366 valence electrons. The van der Waals surface area contributed by atoms with E-state index in [1.807, 2.05) is 36.4 Å². The molecule has 8 aromatic carbocycles. The van der Waals surface area contributed by atoms with Crippen LogP contribution in [-0.2, 0) is 0 Å². The summed E-state index contributed by atoms with van der Waals surface area (Å²) in [7, 11) is -8.99. The zero-order valence-corrected chi connectivity index (χ0v) is 50.2. The van der Waals surface area contributed by atoms with Gasteiger partial charge in [-0.15, -0.1) is 0 Å². The molecular formula is C68H82Si3. The number of hydrogen-bond donors (Lipinski definition) is 0. The number of benzene rings is 8. The summed E-state index contributed by atoms with van der Waals surface area (Å²) in [5.41, 5.74) is 28.8. The SMILES string of the molecule is Cc1cc(C)c([Si]2(c3c(C)cc(C)cc3C)[Si](c3c(C)cc(C)cc3C)(c3c(C)cc(C)cc3C)[Si]2(c2c(C)cc(C)cc2C)c2c(C)cc(C)cc2C)c(C)c1.Cc1ccccc1.Cc1ccccc1. The van der Waals surface area contributed by atoms with Crippen molar-refractivity contribution in [2.45, 2.75) is 138 Å². The summed E-state index contributed by atoms with van der Waals surface area (Å²) < 4.78 is 0. The zero-order chi connectivity index (χ0) is 52.1. The van der Waals surface area contributed by atoms with Crippen molar-refractivity contribution in [2.24, 2.45) is 0 Å². The predicted molar refractivity (Wildman–Crippen MR) is 321 cm³/mol. The molecule has 0 unspecified atom stereocenters. The maximum absolute atomic E-state index is 3.00. The predicted octanol–water partition coefficient (Wildman–Crippen LogP) is 13.6. The highest BCUT2D eigenvalue weighted by Crippen LogP contribution is 2.54. The first-order valence-corrected chi connectivity index (χ1v) is 35.0. The molecule has 1 saturated heterocycles. The first kappa shape index (κ1) is 53.2. The van der Waals surface area contributed by atoms with Crippen molar-refractivity contribution in [1.82, 2.24) is 0 Å². The van der Waals surface area contributed by atoms with Crippen molar-refractivity contribution in [3.8, 4) is 0 Å². The third-order valence-corrected chi connectivity index (χ3v) is 62.8. The van der Waals surface area contributed by atoms with Gasteiger partial charge >= 0.3 is 0 Å². The van der Waals surface area contributed by atoms with Gasteiger partial charge < -0.3 is 0 Å². The molecule has 0 nitrogen and oxygen atoms in total. The monoisotopic (exact) mass is 983 g/mol. The van der Waals surface area contributed by atoms with E-state index in [-0.39, 0.29) is 0 Å². The van der Waals surface area contributed by atoms with Gasteiger partial charge in [-0.2, -0.15) is 0 Å². The van der Waals surface area contributed by atoms with Crippen molar-refractivity contribution in [1.29, 1.82) is 0 Å². The van der Waals surface area contributed by atoms with Gasteiger partial charge in [0.1, 0.15) is 21.3 Å². The van der Waals surface area contributed by atoms with Gasteiger partial charge in [0.15, 0.2) is 0 Å². The van der Waals surface area contributed by atoms with E-state index in [1.165, 1.54) is 111 Å². The van der Waals surface area contributed by atoms with Crippen molar-refractivity contribution < 1.29 is 0 Å². The van der Waals surface area contributed by atoms with E-state index in [0.717, 1.165) is 0 Å². The molecule has 0 bridgehead atoms. The smallest absolute Gasteiger partial charge is 0.0622 e. The lowest BCUT2D eigenvalue weighted by atomic mass is 10.1. The van der Waals surface area contributed by atoms with Crippen LogP contribution in [0, 0.1) is 138 Å². The van der Waals surface area contributed by atoms with Crippen molar-refractivity contribution >= 4 is 52.4 Å². The lowest BCUT2D eigenvalue weighted by Crippen LogP contribution is -2.69. The molecule has 1 aliphatic rings. The standard InChI is InChI=1S/C54H66Si3.2C7H8/c1-31-19-37(7)49(38(8)20-31)55(50-39(9)21-32(2)22-40(50)10)56(51-41(11)23-33(3)24-42(51)12,52-43(13)25-34(4)26-44(52)14)57(55,53-45(15)27-35(5)28-46(53)16)54-47(17)29-36(6)30-48(54)18;2*1-7-5-3-2-4-6-7/h19-30H,1-18H3;2*2-6H,1H3. The van der Waals surface area contributed by atoms with E-state index in [0.29, 0.717) is 0 Å². The molecule has 0 saturated carbocycles. The Morgan fingerprint density at radius 2 is 0.296 bits per heavy atom. The van der Waals surface area contributed by atoms with Crippen LogP contribution in [0.25, 0.3) is 0 Å². The highest BCUT2D eigenvalue weighted by molar-refractivity contribution is 8.27. The third kappa shape index (κ3) is 8.95. The second kappa shape index (κ2) is 20.5. The summed E-state index contributed by atoms with van der Waals surface area (Å²) in [5.74, 6) is 0. The first-order valence-electron chi connectivity index (χ1n) is 26.0. The van der Waals surface area contributed by atoms with E-state index in [9.17, 15) is 0 Å². The molecular weight excluding hydrogens is 901 g/mol. The summed E-state index contributed by atoms with van der Waals surface area (Å²) in [6.45, 7) is 48.0. The Bertz CT molecular complexity index is 2640. The van der Waals surface area contributed by atoms with Crippen LogP contribution in [0.3, 0.4) is 0 Å². The molecule has 71 heavy (non-hydrogen) atoms. The molecule has 8 aromatic rings. The Hall–Kier alpha value is -5.59. The van der Waals surface area contributed by atoms with Gasteiger partial charge in [-0.05, 0) is 138 Å². The normalized spacial score (nSPS) is 14.0. The Morgan fingerprint density at radius 3 is 0.394 bits per heavy atom. The minimum atomic E-state index is -3.00. The second-order valence-electron chi connectivity index (χ2n) is 22.2. The molecule has 0 aliphatic carbocycles. The van der Waals surface area contributed by atoms with Crippen LogP contribution in [0.1, 0.15) is 111 Å². The van der Waals surface area contributed by atoms with Crippen LogP contribution < -0.4 is 31.1 Å². The van der Waals surface area contributed by atoms with Gasteiger partial charge in [-0.3, -0.25) is 0 Å². The fourth-order valence-corrected chi connectivity index (χ4v) is 94.0. The first-order chi connectivity index (χ1) is 33.5. The Labute approximate surface area is 433 Å². The van der Waals surface area contributed by atoms with Gasteiger partial charge in [0.2, 0.25) is 0 Å². The van der Waals surface area contributed by atoms with E-state index in [2.05, 4.69) is 236 Å². The molecule has 0 aromatic heterocycles. The van der Waals surface area contributed by atoms with Crippen LogP contribution in [0.5, 0.6) is 0 Å². The van der Waals surface area contributed by atoms with Crippen molar-refractivity contribution in [3.63, 3.8) is 0 Å². The maximum atomic E-state index is 2.56. The second-order valence-corrected chi connectivity index (χ2v) is 47.7. The van der Waals surface area contributed by atoms with E-state index < -0.39 is 21.3 Å². The highest BCUT2D eigenvalue weighted by Gasteiger charge is 2.96. The summed E-state index contributed by atoms with van der Waals surface area (Å²) in [6, 6.07) is 51.2. The van der Waals surface area contributed by atoms with Crippen molar-refractivity contribution in [2.75, 3.05) is 0 Å². The summed E-state index contributed by atoms with van der Waals surface area (Å²) in [6.07, 6.45) is 0. The Balaban J connectivity index is 0.000000454. The molecule has 9 rings (SSSR count). The van der Waals surface area contributed by atoms with Gasteiger partial charge in [0, 0.05) is 0 Å². The van der Waals surface area contributed by atoms with Gasteiger partial charge in [0.25, 0.3) is 0 Å². The number of aryl methyl sites for hydroxylation is 20. The fourth-order valence-electron chi connectivity index (χ4n) is 14.9. The lowest BCUT2D eigenvalue weighted by molar-refractivity contribution is 1.33. The Kier molecular flexibility index (Phi) is 15.4. The lowest BCUT2D eigenvalue weighted by Gasteiger charge is -2.34. The van der Waals surface area contributed by atoms with Crippen LogP contribution >= 0.6 is 0 Å². The van der Waals surface area contributed by atoms with Crippen molar-refractivity contribution in [3.05, 3.63) is 245 Å². The average molecular weight is 984 g/mol. The minimum absolute atomic E-state index is 1.32. The van der Waals surface area contributed by atoms with Gasteiger partial charge in [-0.1, -0.05) is 276 Å².